The van der Waals surface area contributed by atoms with Crippen molar-refractivity contribution in [2.45, 2.75) is 46.6 Å². The van der Waals surface area contributed by atoms with Crippen LogP contribution >= 0.6 is 0 Å². The van der Waals surface area contributed by atoms with Crippen molar-refractivity contribution in [1.82, 2.24) is 14.8 Å². The highest BCUT2D eigenvalue weighted by atomic mass is 32.2. The number of nitrogens with one attached hydrogen (secondary N) is 1. The Bertz CT molecular complexity index is 677. The molecule has 1 N–H and O–H groups in total. The third kappa shape index (κ3) is 4.57. The molecule has 2 heterocycles. The van der Waals surface area contributed by atoms with Crippen molar-refractivity contribution in [3.63, 3.8) is 0 Å². The molecule has 136 valence electrons. The van der Waals surface area contributed by atoms with E-state index in [1.807, 2.05) is 13.8 Å². The molecule has 8 heteroatoms. The molecule has 1 saturated heterocycles. The predicted molar refractivity (Wildman–Crippen MR) is 91.0 cm³/mol. The van der Waals surface area contributed by atoms with Crippen molar-refractivity contribution in [1.29, 1.82) is 0 Å². The number of nitrogens with zero attached hydrogens (tertiary/aromatic N) is 2. The van der Waals surface area contributed by atoms with Crippen molar-refractivity contribution in [3.8, 4) is 0 Å². The first-order chi connectivity index (χ1) is 11.1. The van der Waals surface area contributed by atoms with E-state index >= 15 is 0 Å². The number of rotatable bonds is 6. The number of hydrogen-bond acceptors (Lipinski definition) is 5. The molecule has 0 aliphatic carbocycles. The summed E-state index contributed by atoms with van der Waals surface area (Å²) in [5.41, 5.74) is 1.80. The summed E-state index contributed by atoms with van der Waals surface area (Å²) >= 11 is 0. The Morgan fingerprint density at radius 3 is 2.54 bits per heavy atom. The van der Waals surface area contributed by atoms with Crippen molar-refractivity contribution in [2.75, 3.05) is 19.3 Å². The fourth-order valence-corrected chi connectivity index (χ4v) is 4.16. The second-order valence-corrected chi connectivity index (χ2v) is 8.79. The van der Waals surface area contributed by atoms with Gasteiger partial charge in [0.15, 0.2) is 0 Å². The van der Waals surface area contributed by atoms with Crippen LogP contribution in [0.5, 0.6) is 0 Å². The summed E-state index contributed by atoms with van der Waals surface area (Å²) < 4.78 is 30.9. The van der Waals surface area contributed by atoms with Gasteiger partial charge in [0.05, 0.1) is 11.9 Å². The van der Waals surface area contributed by atoms with E-state index in [-0.39, 0.29) is 17.9 Å². The van der Waals surface area contributed by atoms with Crippen LogP contribution in [0.2, 0.25) is 0 Å². The lowest BCUT2D eigenvalue weighted by molar-refractivity contribution is -0.130. The van der Waals surface area contributed by atoms with E-state index in [0.29, 0.717) is 31.8 Å². The highest BCUT2D eigenvalue weighted by Crippen LogP contribution is 2.26. The normalized spacial score (nSPS) is 21.7. The molecule has 2 atom stereocenters. The van der Waals surface area contributed by atoms with Crippen molar-refractivity contribution < 1.29 is 17.7 Å². The average molecular weight is 357 g/mol. The van der Waals surface area contributed by atoms with E-state index in [4.69, 9.17) is 4.52 Å². The number of likely N-dealkylation sites (tertiary alicyclic amines) is 1. The molecule has 0 saturated carbocycles. The van der Waals surface area contributed by atoms with Gasteiger partial charge in [0.25, 0.3) is 0 Å². The molecule has 0 aromatic carbocycles. The second kappa shape index (κ2) is 7.23. The maximum absolute atomic E-state index is 12.5. The molecule has 2 unspecified atom stereocenters. The van der Waals surface area contributed by atoms with Crippen LogP contribution < -0.4 is 4.72 Å². The van der Waals surface area contributed by atoms with E-state index in [0.717, 1.165) is 23.3 Å². The van der Waals surface area contributed by atoms with Gasteiger partial charge in [-0.15, -0.1) is 0 Å². The van der Waals surface area contributed by atoms with Gasteiger partial charge in [-0.25, -0.2) is 13.1 Å². The smallest absolute Gasteiger partial charge is 0.222 e. The van der Waals surface area contributed by atoms with E-state index < -0.39 is 10.0 Å². The highest BCUT2D eigenvalue weighted by molar-refractivity contribution is 7.88. The fourth-order valence-electron chi connectivity index (χ4n) is 3.36. The third-order valence-electron chi connectivity index (χ3n) is 4.71. The zero-order chi connectivity index (χ0) is 18.1. The Kier molecular flexibility index (Phi) is 5.70. The molecule has 1 aromatic heterocycles. The van der Waals surface area contributed by atoms with Crippen LogP contribution in [-0.4, -0.2) is 49.8 Å². The zero-order valence-corrected chi connectivity index (χ0v) is 15.8. The summed E-state index contributed by atoms with van der Waals surface area (Å²) in [6.45, 7) is 8.84. The number of aryl methyl sites for hydroxylation is 2. The molecule has 0 spiro atoms. The third-order valence-corrected chi connectivity index (χ3v) is 5.44. The molecule has 1 fully saturated rings. The molecule has 1 aliphatic rings. The van der Waals surface area contributed by atoms with Crippen molar-refractivity contribution in [2.24, 2.45) is 11.8 Å². The number of sulfonamides is 1. The second-order valence-electron chi connectivity index (χ2n) is 7.01. The van der Waals surface area contributed by atoms with Gasteiger partial charge >= 0.3 is 0 Å². The van der Waals surface area contributed by atoms with Gasteiger partial charge in [-0.1, -0.05) is 19.0 Å². The minimum Gasteiger partial charge on any atom is -0.361 e. The largest absolute Gasteiger partial charge is 0.361 e. The van der Waals surface area contributed by atoms with Gasteiger partial charge < -0.3 is 9.42 Å². The molecule has 7 nitrogen and oxygen atoms in total. The Morgan fingerprint density at radius 1 is 1.38 bits per heavy atom. The highest BCUT2D eigenvalue weighted by Gasteiger charge is 2.38. The van der Waals surface area contributed by atoms with Crippen LogP contribution in [-0.2, 0) is 21.2 Å². The van der Waals surface area contributed by atoms with Gasteiger partial charge in [0.1, 0.15) is 5.76 Å². The molecule has 1 aliphatic heterocycles. The van der Waals surface area contributed by atoms with Crippen LogP contribution in [0.1, 0.15) is 37.3 Å². The Hall–Kier alpha value is -1.41. The van der Waals surface area contributed by atoms with Crippen molar-refractivity contribution >= 4 is 15.9 Å². The number of aromatic nitrogens is 1. The minimum atomic E-state index is -3.29. The van der Waals surface area contributed by atoms with Crippen LogP contribution in [0.15, 0.2) is 4.52 Å². The molecule has 24 heavy (non-hydrogen) atoms. The Labute approximate surface area is 143 Å². The van der Waals surface area contributed by atoms with Crippen LogP contribution in [0.25, 0.3) is 0 Å². The molecule has 2 rings (SSSR count). The van der Waals surface area contributed by atoms with E-state index in [1.54, 1.807) is 4.90 Å². The van der Waals surface area contributed by atoms with Crippen LogP contribution in [0, 0.1) is 25.7 Å². The number of hydrogen-bond donors (Lipinski definition) is 1. The van der Waals surface area contributed by atoms with Gasteiger partial charge in [0, 0.05) is 31.1 Å². The first kappa shape index (κ1) is 18.9. The first-order valence-corrected chi connectivity index (χ1v) is 10.1. The molecule has 1 aromatic rings. The monoisotopic (exact) mass is 357 g/mol. The van der Waals surface area contributed by atoms with E-state index in [9.17, 15) is 13.2 Å². The van der Waals surface area contributed by atoms with Gasteiger partial charge in [-0.2, -0.15) is 0 Å². The van der Waals surface area contributed by atoms with Crippen molar-refractivity contribution in [3.05, 3.63) is 17.0 Å². The molecule has 0 radical (unpaired) electrons. The quantitative estimate of drug-likeness (QED) is 0.827. The topological polar surface area (TPSA) is 92.5 Å². The first-order valence-electron chi connectivity index (χ1n) is 8.25. The number of carbonyl (C=O) groups excluding carboxylic acids is 1. The standard InChI is InChI=1S/C16H27N3O4S/c1-10(2)14-8-19(9-15(14)18-24(5,21)22)16(20)7-6-13-11(3)17-23-12(13)4/h10,14-15,18H,6-9H2,1-5H3. The minimum absolute atomic E-state index is 0.0402. The lowest BCUT2D eigenvalue weighted by Gasteiger charge is -2.21. The maximum Gasteiger partial charge on any atom is 0.222 e. The Morgan fingerprint density at radius 2 is 2.04 bits per heavy atom. The van der Waals surface area contributed by atoms with Crippen LogP contribution in [0.4, 0.5) is 0 Å². The van der Waals surface area contributed by atoms with Crippen LogP contribution in [0.3, 0.4) is 0 Å². The molecule has 1 amide bonds. The summed E-state index contributed by atoms with van der Waals surface area (Å²) in [6.07, 6.45) is 2.12. The summed E-state index contributed by atoms with van der Waals surface area (Å²) in [7, 11) is -3.29. The fraction of sp³-hybridized carbons (Fsp3) is 0.750. The zero-order valence-electron chi connectivity index (χ0n) is 15.0. The number of amides is 1. The predicted octanol–water partition coefficient (Wildman–Crippen LogP) is 1.26. The Balaban J connectivity index is 2.00. The number of carbonyl (C=O) groups is 1. The maximum atomic E-state index is 12.5. The lowest BCUT2D eigenvalue weighted by Crippen LogP contribution is -2.41. The summed E-state index contributed by atoms with van der Waals surface area (Å²) in [5.74, 6) is 1.21. The van der Waals surface area contributed by atoms with Gasteiger partial charge in [-0.05, 0) is 32.1 Å². The van der Waals surface area contributed by atoms with Gasteiger partial charge in [0.2, 0.25) is 15.9 Å². The lowest BCUT2D eigenvalue weighted by atomic mass is 9.92. The summed E-state index contributed by atoms with van der Waals surface area (Å²) in [4.78, 5) is 14.3. The molecular weight excluding hydrogens is 330 g/mol. The molecular formula is C16H27N3O4S. The van der Waals surface area contributed by atoms with E-state index in [2.05, 4.69) is 23.7 Å². The van der Waals surface area contributed by atoms with Gasteiger partial charge in [-0.3, -0.25) is 4.79 Å². The SMILES string of the molecule is Cc1noc(C)c1CCC(=O)N1CC(NS(C)(=O)=O)C(C(C)C)C1. The average Bonchev–Trinajstić information content (AvgIpc) is 2.99. The summed E-state index contributed by atoms with van der Waals surface area (Å²) in [5, 5.41) is 3.90. The van der Waals surface area contributed by atoms with E-state index in [1.165, 1.54) is 0 Å². The molecule has 0 bridgehead atoms. The summed E-state index contributed by atoms with van der Waals surface area (Å²) in [6, 6.07) is -0.219.